The number of unbranched alkanes of at least 4 members (excludes halogenated alkanes) is 9. The van der Waals surface area contributed by atoms with Crippen molar-refractivity contribution in [2.45, 2.75) is 77.0 Å². The molecule has 0 aliphatic carbocycles. The molecule has 0 saturated heterocycles. The van der Waals surface area contributed by atoms with Crippen LogP contribution in [0, 0.1) is 0 Å². The van der Waals surface area contributed by atoms with Crippen LogP contribution in [0.3, 0.4) is 0 Å². The van der Waals surface area contributed by atoms with E-state index in [1.165, 1.54) is 0 Å². The van der Waals surface area contributed by atoms with Crippen molar-refractivity contribution in [2.75, 3.05) is 39.6 Å². The number of rotatable bonds is 15. The highest BCUT2D eigenvalue weighted by Gasteiger charge is 1.86. The Bertz CT molecular complexity index is 123. The van der Waals surface area contributed by atoms with E-state index in [9.17, 15) is 0 Å². The molecular formula is C18H42O6. The first-order valence-corrected chi connectivity index (χ1v) is 9.40. The van der Waals surface area contributed by atoms with E-state index in [-0.39, 0.29) is 39.6 Å². The summed E-state index contributed by atoms with van der Waals surface area (Å²) in [6.45, 7) is 1.70. The average Bonchev–Trinajstić information content (AvgIpc) is 2.61. The summed E-state index contributed by atoms with van der Waals surface area (Å²) in [5.74, 6) is 0. The van der Waals surface area contributed by atoms with Crippen molar-refractivity contribution in [1.82, 2.24) is 0 Å². The minimum Gasteiger partial charge on any atom is -0.396 e. The number of hydrogen-bond acceptors (Lipinski definition) is 6. The van der Waals surface area contributed by atoms with Crippen molar-refractivity contribution in [2.24, 2.45) is 0 Å². The third-order valence-electron chi connectivity index (χ3n) is 3.20. The second kappa shape index (κ2) is 34.2. The fourth-order valence-corrected chi connectivity index (χ4v) is 1.73. The summed E-state index contributed by atoms with van der Waals surface area (Å²) in [4.78, 5) is 0. The van der Waals surface area contributed by atoms with Crippen LogP contribution >= 0.6 is 0 Å². The van der Waals surface area contributed by atoms with E-state index in [1.807, 2.05) is 0 Å². The Kier molecular flexibility index (Phi) is 40.7. The van der Waals surface area contributed by atoms with E-state index in [4.69, 9.17) is 30.6 Å². The van der Waals surface area contributed by atoms with Gasteiger partial charge in [-0.05, 0) is 38.5 Å². The molecule has 0 aliphatic rings. The molecular weight excluding hydrogens is 312 g/mol. The second-order valence-corrected chi connectivity index (χ2v) is 5.58. The molecule has 0 aliphatic heterocycles. The van der Waals surface area contributed by atoms with E-state index in [2.05, 4.69) is 0 Å². The molecule has 6 nitrogen and oxygen atoms in total. The molecule has 150 valence electrons. The van der Waals surface area contributed by atoms with Crippen LogP contribution < -0.4 is 0 Å². The van der Waals surface area contributed by atoms with Gasteiger partial charge in [-0.15, -0.1) is 0 Å². The first kappa shape index (κ1) is 28.6. The number of hydrogen-bond donors (Lipinski definition) is 6. The zero-order valence-electron chi connectivity index (χ0n) is 15.4. The van der Waals surface area contributed by atoms with E-state index in [1.54, 1.807) is 0 Å². The number of aliphatic hydroxyl groups excluding tert-OH is 6. The van der Waals surface area contributed by atoms with E-state index in [0.717, 1.165) is 77.0 Å². The molecule has 0 amide bonds. The maximum absolute atomic E-state index is 8.30. The SMILES string of the molecule is OCCCCCCO.OCCCCCCO.OCCCCCCO. The second-order valence-electron chi connectivity index (χ2n) is 5.58. The highest BCUT2D eigenvalue weighted by Crippen LogP contribution is 1.97. The molecule has 0 aromatic heterocycles. The Morgan fingerprint density at radius 3 is 0.417 bits per heavy atom. The van der Waals surface area contributed by atoms with Crippen LogP contribution in [0.25, 0.3) is 0 Å². The van der Waals surface area contributed by atoms with Crippen LogP contribution in [0.1, 0.15) is 77.0 Å². The fourth-order valence-electron chi connectivity index (χ4n) is 1.73. The fraction of sp³-hybridized carbons (Fsp3) is 1.00. The van der Waals surface area contributed by atoms with Crippen LogP contribution in [0.4, 0.5) is 0 Å². The first-order valence-electron chi connectivity index (χ1n) is 9.40. The van der Waals surface area contributed by atoms with Gasteiger partial charge < -0.3 is 30.6 Å². The van der Waals surface area contributed by atoms with Gasteiger partial charge in [-0.3, -0.25) is 0 Å². The lowest BCUT2D eigenvalue weighted by Gasteiger charge is -1.93. The van der Waals surface area contributed by atoms with Gasteiger partial charge >= 0.3 is 0 Å². The molecule has 0 saturated carbocycles. The van der Waals surface area contributed by atoms with E-state index >= 15 is 0 Å². The molecule has 0 fully saturated rings. The highest BCUT2D eigenvalue weighted by atomic mass is 16.3. The molecule has 0 spiro atoms. The van der Waals surface area contributed by atoms with Crippen molar-refractivity contribution in [3.8, 4) is 0 Å². The summed E-state index contributed by atoms with van der Waals surface area (Å²) in [6, 6.07) is 0. The van der Waals surface area contributed by atoms with Crippen molar-refractivity contribution < 1.29 is 30.6 Å². The van der Waals surface area contributed by atoms with Gasteiger partial charge in [-0.25, -0.2) is 0 Å². The smallest absolute Gasteiger partial charge is 0.0431 e. The minimum absolute atomic E-state index is 0.283. The molecule has 0 atom stereocenters. The molecule has 0 radical (unpaired) electrons. The topological polar surface area (TPSA) is 121 Å². The maximum Gasteiger partial charge on any atom is 0.0431 e. The third kappa shape index (κ3) is 43.0. The third-order valence-corrected chi connectivity index (χ3v) is 3.20. The molecule has 0 aromatic rings. The van der Waals surface area contributed by atoms with Crippen LogP contribution in [0.5, 0.6) is 0 Å². The zero-order chi connectivity index (χ0) is 18.7. The van der Waals surface area contributed by atoms with Gasteiger partial charge in [0.1, 0.15) is 0 Å². The Labute approximate surface area is 148 Å². The molecule has 0 heterocycles. The van der Waals surface area contributed by atoms with Crippen molar-refractivity contribution in [1.29, 1.82) is 0 Å². The Hall–Kier alpha value is -0.240. The molecule has 6 N–H and O–H groups in total. The van der Waals surface area contributed by atoms with Crippen molar-refractivity contribution in [3.05, 3.63) is 0 Å². The number of aliphatic hydroxyl groups is 6. The van der Waals surface area contributed by atoms with Gasteiger partial charge in [0.25, 0.3) is 0 Å². The van der Waals surface area contributed by atoms with Crippen molar-refractivity contribution in [3.63, 3.8) is 0 Å². The van der Waals surface area contributed by atoms with Crippen LogP contribution in [0.2, 0.25) is 0 Å². The summed E-state index contributed by atoms with van der Waals surface area (Å²) in [6.07, 6.45) is 11.5. The summed E-state index contributed by atoms with van der Waals surface area (Å²) >= 11 is 0. The van der Waals surface area contributed by atoms with Gasteiger partial charge in [0.15, 0.2) is 0 Å². The summed E-state index contributed by atoms with van der Waals surface area (Å²) in [5.41, 5.74) is 0. The lowest BCUT2D eigenvalue weighted by molar-refractivity contribution is 0.265. The quantitative estimate of drug-likeness (QED) is 0.248. The van der Waals surface area contributed by atoms with Crippen LogP contribution in [-0.2, 0) is 0 Å². The van der Waals surface area contributed by atoms with E-state index in [0.29, 0.717) is 0 Å². The molecule has 0 rings (SSSR count). The standard InChI is InChI=1S/3C6H14O2/c3*7-5-3-1-2-4-6-8/h3*7-8H,1-6H2. The summed E-state index contributed by atoms with van der Waals surface area (Å²) < 4.78 is 0. The maximum atomic E-state index is 8.30. The predicted molar refractivity (Wildman–Crippen MR) is 97.9 cm³/mol. The van der Waals surface area contributed by atoms with Crippen molar-refractivity contribution >= 4 is 0 Å². The largest absolute Gasteiger partial charge is 0.396 e. The van der Waals surface area contributed by atoms with Crippen LogP contribution in [-0.4, -0.2) is 70.3 Å². The van der Waals surface area contributed by atoms with Gasteiger partial charge in [-0.2, -0.15) is 0 Å². The lowest BCUT2D eigenvalue weighted by Crippen LogP contribution is -1.85. The Morgan fingerprint density at radius 1 is 0.208 bits per heavy atom. The van der Waals surface area contributed by atoms with E-state index < -0.39 is 0 Å². The molecule has 24 heavy (non-hydrogen) atoms. The summed E-state index contributed by atoms with van der Waals surface area (Å²) in [5, 5.41) is 49.8. The molecule has 6 heteroatoms. The molecule has 0 unspecified atom stereocenters. The first-order chi connectivity index (χ1) is 11.7. The monoisotopic (exact) mass is 354 g/mol. The van der Waals surface area contributed by atoms with Crippen LogP contribution in [0.15, 0.2) is 0 Å². The average molecular weight is 355 g/mol. The van der Waals surface area contributed by atoms with Gasteiger partial charge in [0.05, 0.1) is 0 Å². The van der Waals surface area contributed by atoms with Gasteiger partial charge in [0.2, 0.25) is 0 Å². The highest BCUT2D eigenvalue weighted by molar-refractivity contribution is 4.40. The minimum atomic E-state index is 0.283. The van der Waals surface area contributed by atoms with Gasteiger partial charge in [0, 0.05) is 39.6 Å². The lowest BCUT2D eigenvalue weighted by atomic mass is 10.2. The zero-order valence-corrected chi connectivity index (χ0v) is 15.4. The molecule has 0 bridgehead atoms. The Morgan fingerprint density at radius 2 is 0.333 bits per heavy atom. The molecule has 0 aromatic carbocycles. The van der Waals surface area contributed by atoms with Gasteiger partial charge in [-0.1, -0.05) is 38.5 Å². The Balaban J connectivity index is -0.000000276. The summed E-state index contributed by atoms with van der Waals surface area (Å²) in [7, 11) is 0. The normalized spacial score (nSPS) is 9.75. The predicted octanol–water partition coefficient (Wildman–Crippen LogP) is 1.59.